The number of thioether (sulfide) groups is 2. The Morgan fingerprint density at radius 1 is 1.29 bits per heavy atom. The van der Waals surface area contributed by atoms with Crippen LogP contribution in [0.15, 0.2) is 22.5 Å². The van der Waals surface area contributed by atoms with E-state index in [1.54, 1.807) is 0 Å². The average Bonchev–Trinajstić information content (AvgIpc) is 3.01. The van der Waals surface area contributed by atoms with Crippen molar-refractivity contribution >= 4 is 35.5 Å². The Bertz CT molecular complexity index is 622. The summed E-state index contributed by atoms with van der Waals surface area (Å²) in [7, 11) is 0. The van der Waals surface area contributed by atoms with Crippen LogP contribution in [0.3, 0.4) is 0 Å². The van der Waals surface area contributed by atoms with Crippen molar-refractivity contribution in [3.05, 3.63) is 22.5 Å². The van der Waals surface area contributed by atoms with Crippen LogP contribution in [0.5, 0.6) is 0 Å². The van der Waals surface area contributed by atoms with Crippen LogP contribution in [-0.2, 0) is 9.53 Å². The molecule has 1 heterocycles. The number of carbonyl (C=O) groups excluding carboxylic acids is 2. The predicted octanol–water partition coefficient (Wildman–Crippen LogP) is 3.42. The van der Waals surface area contributed by atoms with Gasteiger partial charge >= 0.3 is 6.09 Å². The standard InChI is InChI=1S/C20H32N2O4S2/c1-6-16(24)17(21-12(2)23)14-10-13(18-27-8-7-9-28-18)11-15(14)22-19(25)26-20(3,4)5/h6,14-17,24H,1,7-11H2,2-5H3,(H,21,23)(H,22,25). The zero-order valence-electron chi connectivity index (χ0n) is 17.1. The van der Waals surface area contributed by atoms with Gasteiger partial charge in [0.15, 0.2) is 0 Å². The summed E-state index contributed by atoms with van der Waals surface area (Å²) in [6.45, 7) is 10.6. The van der Waals surface area contributed by atoms with Gasteiger partial charge in [0.1, 0.15) is 5.60 Å². The van der Waals surface area contributed by atoms with Crippen molar-refractivity contribution in [1.29, 1.82) is 0 Å². The second-order valence-electron chi connectivity index (χ2n) is 8.22. The molecule has 6 nitrogen and oxygen atoms in total. The van der Waals surface area contributed by atoms with E-state index in [9.17, 15) is 14.7 Å². The lowest BCUT2D eigenvalue weighted by atomic mass is 9.90. The first-order chi connectivity index (χ1) is 13.1. The molecule has 1 aliphatic carbocycles. The largest absolute Gasteiger partial charge is 0.444 e. The quantitative estimate of drug-likeness (QED) is 0.582. The molecule has 2 fully saturated rings. The lowest BCUT2D eigenvalue weighted by Crippen LogP contribution is -2.53. The second kappa shape index (κ2) is 10.1. The molecule has 2 rings (SSSR count). The van der Waals surface area contributed by atoms with E-state index in [0.29, 0.717) is 12.8 Å². The van der Waals surface area contributed by atoms with Crippen LogP contribution in [0, 0.1) is 5.92 Å². The normalized spacial score (nSPS) is 25.0. The predicted molar refractivity (Wildman–Crippen MR) is 116 cm³/mol. The lowest BCUT2D eigenvalue weighted by molar-refractivity contribution is -0.120. The lowest BCUT2D eigenvalue weighted by Gasteiger charge is -2.32. The Kier molecular flexibility index (Phi) is 8.33. The van der Waals surface area contributed by atoms with E-state index >= 15 is 0 Å². The molecule has 4 unspecified atom stereocenters. The van der Waals surface area contributed by atoms with Gasteiger partial charge in [-0.2, -0.15) is 0 Å². The van der Waals surface area contributed by atoms with Crippen molar-refractivity contribution < 1.29 is 19.4 Å². The van der Waals surface area contributed by atoms with Crippen molar-refractivity contribution in [2.75, 3.05) is 11.5 Å². The molecule has 158 valence electrons. The fourth-order valence-corrected chi connectivity index (χ4v) is 6.26. The number of alkyl carbamates (subject to hydrolysis) is 1. The van der Waals surface area contributed by atoms with Gasteiger partial charge in [-0.25, -0.2) is 4.79 Å². The molecule has 1 aliphatic heterocycles. The number of ether oxygens (including phenoxy) is 1. The van der Waals surface area contributed by atoms with Crippen LogP contribution < -0.4 is 10.6 Å². The van der Waals surface area contributed by atoms with Gasteiger partial charge in [-0.05, 0) is 57.1 Å². The number of rotatable bonds is 5. The summed E-state index contributed by atoms with van der Waals surface area (Å²) < 4.78 is 6.75. The third-order valence-electron chi connectivity index (χ3n) is 4.65. The van der Waals surface area contributed by atoms with Gasteiger partial charge < -0.3 is 20.5 Å². The maximum absolute atomic E-state index is 12.4. The molecule has 0 aromatic rings. The van der Waals surface area contributed by atoms with E-state index in [1.165, 1.54) is 29.2 Å². The molecular weight excluding hydrogens is 396 g/mol. The van der Waals surface area contributed by atoms with E-state index in [1.807, 2.05) is 44.3 Å². The molecule has 0 aromatic heterocycles. The van der Waals surface area contributed by atoms with Crippen LogP contribution in [0.1, 0.15) is 47.0 Å². The topological polar surface area (TPSA) is 87.7 Å². The molecule has 4 atom stereocenters. The third-order valence-corrected chi connectivity index (χ3v) is 7.45. The Labute approximate surface area is 176 Å². The zero-order chi connectivity index (χ0) is 20.9. The maximum atomic E-state index is 12.4. The molecule has 3 N–H and O–H groups in total. The number of amides is 2. The third kappa shape index (κ3) is 6.74. The highest BCUT2D eigenvalue weighted by Crippen LogP contribution is 2.45. The van der Waals surface area contributed by atoms with Crippen molar-refractivity contribution in [2.45, 2.75) is 70.7 Å². The smallest absolute Gasteiger partial charge is 0.407 e. The molecule has 0 radical (unpaired) electrons. The summed E-state index contributed by atoms with van der Waals surface area (Å²) in [6, 6.07) is -0.751. The molecule has 2 aliphatic rings. The number of carbonyl (C=O) groups is 2. The first-order valence-corrected chi connectivity index (χ1v) is 11.6. The molecule has 0 aromatic carbocycles. The second-order valence-corrected chi connectivity index (χ2v) is 10.7. The SMILES string of the molecule is C=CC(O)C(NC(C)=O)C1CC(=C2SCCCS2)CC1NC(=O)OC(C)(C)C. The summed E-state index contributed by atoms with van der Waals surface area (Å²) in [4.78, 5) is 24.1. The minimum atomic E-state index is -0.896. The van der Waals surface area contributed by atoms with Gasteiger partial charge in [-0.15, -0.1) is 30.1 Å². The molecule has 8 heteroatoms. The molecule has 1 saturated heterocycles. The fraction of sp³-hybridized carbons (Fsp3) is 0.700. The van der Waals surface area contributed by atoms with Crippen molar-refractivity contribution in [1.82, 2.24) is 10.6 Å². The first kappa shape index (κ1) is 23.2. The molecule has 0 spiro atoms. The van der Waals surface area contributed by atoms with Crippen molar-refractivity contribution in [3.8, 4) is 0 Å². The highest BCUT2D eigenvalue weighted by Gasteiger charge is 2.41. The van der Waals surface area contributed by atoms with Crippen molar-refractivity contribution in [2.24, 2.45) is 5.92 Å². The molecular formula is C20H32N2O4S2. The molecule has 1 saturated carbocycles. The number of hydrogen-bond donors (Lipinski definition) is 3. The van der Waals surface area contributed by atoms with Gasteiger partial charge in [-0.3, -0.25) is 4.79 Å². The van der Waals surface area contributed by atoms with Crippen LogP contribution in [0.2, 0.25) is 0 Å². The van der Waals surface area contributed by atoms with Gasteiger partial charge in [0.25, 0.3) is 0 Å². The van der Waals surface area contributed by atoms with Gasteiger partial charge in [0, 0.05) is 23.1 Å². The average molecular weight is 429 g/mol. The zero-order valence-corrected chi connectivity index (χ0v) is 18.8. The number of aliphatic hydroxyl groups is 1. The van der Waals surface area contributed by atoms with E-state index in [4.69, 9.17) is 4.74 Å². The molecule has 2 amide bonds. The Morgan fingerprint density at radius 2 is 1.93 bits per heavy atom. The van der Waals surface area contributed by atoms with Crippen LogP contribution in [-0.4, -0.2) is 52.4 Å². The highest BCUT2D eigenvalue weighted by molar-refractivity contribution is 8.22. The fourth-order valence-electron chi connectivity index (χ4n) is 3.55. The Morgan fingerprint density at radius 3 is 2.46 bits per heavy atom. The summed E-state index contributed by atoms with van der Waals surface area (Å²) in [5.41, 5.74) is 0.694. The summed E-state index contributed by atoms with van der Waals surface area (Å²) in [5.74, 6) is 1.84. The first-order valence-electron chi connectivity index (χ1n) is 9.65. The summed E-state index contributed by atoms with van der Waals surface area (Å²) in [6.07, 6.45) is 2.66. The summed E-state index contributed by atoms with van der Waals surface area (Å²) >= 11 is 3.72. The van der Waals surface area contributed by atoms with E-state index in [0.717, 1.165) is 11.5 Å². The van der Waals surface area contributed by atoms with E-state index < -0.39 is 23.8 Å². The highest BCUT2D eigenvalue weighted by atomic mass is 32.2. The monoisotopic (exact) mass is 428 g/mol. The van der Waals surface area contributed by atoms with Gasteiger partial charge in [0.2, 0.25) is 5.91 Å². The molecule has 0 bridgehead atoms. The van der Waals surface area contributed by atoms with Crippen LogP contribution in [0.25, 0.3) is 0 Å². The number of nitrogens with one attached hydrogen (secondary N) is 2. The van der Waals surface area contributed by atoms with E-state index in [-0.39, 0.29) is 17.9 Å². The minimum absolute atomic E-state index is 0.143. The van der Waals surface area contributed by atoms with Crippen LogP contribution in [0.4, 0.5) is 4.79 Å². The minimum Gasteiger partial charge on any atom is -0.444 e. The van der Waals surface area contributed by atoms with Crippen molar-refractivity contribution in [3.63, 3.8) is 0 Å². The number of hydrogen-bond acceptors (Lipinski definition) is 6. The maximum Gasteiger partial charge on any atom is 0.407 e. The summed E-state index contributed by atoms with van der Waals surface area (Å²) in [5, 5.41) is 16.3. The molecule has 28 heavy (non-hydrogen) atoms. The number of aliphatic hydroxyl groups excluding tert-OH is 1. The Hall–Kier alpha value is -1.12. The van der Waals surface area contributed by atoms with E-state index in [2.05, 4.69) is 17.2 Å². The van der Waals surface area contributed by atoms with Crippen LogP contribution >= 0.6 is 23.5 Å². The van der Waals surface area contributed by atoms with Gasteiger partial charge in [0.05, 0.1) is 12.1 Å². The van der Waals surface area contributed by atoms with Gasteiger partial charge in [-0.1, -0.05) is 6.08 Å². The Balaban J connectivity index is 2.26.